The first kappa shape index (κ1) is 15.9. The fourth-order valence-corrected chi connectivity index (χ4v) is 3.67. The number of halogens is 2. The summed E-state index contributed by atoms with van der Waals surface area (Å²) < 4.78 is 14.0. The highest BCUT2D eigenvalue weighted by molar-refractivity contribution is 5.85. The quantitative estimate of drug-likeness (QED) is 0.798. The van der Waals surface area contributed by atoms with Crippen molar-refractivity contribution in [1.29, 1.82) is 0 Å². The lowest BCUT2D eigenvalue weighted by Crippen LogP contribution is -2.49. The number of amides is 2. The second-order valence-electron chi connectivity index (χ2n) is 5.81. The monoisotopic (exact) mass is 313 g/mol. The lowest BCUT2D eigenvalue weighted by atomic mass is 9.74. The molecular formula is C15H21ClFN3O. The minimum atomic E-state index is -0.143. The van der Waals surface area contributed by atoms with Crippen LogP contribution in [0.4, 0.5) is 14.9 Å². The zero-order valence-electron chi connectivity index (χ0n) is 12.4. The highest BCUT2D eigenvalue weighted by atomic mass is 35.5. The van der Waals surface area contributed by atoms with Crippen LogP contribution in [0.2, 0.25) is 0 Å². The third-order valence-corrected chi connectivity index (χ3v) is 4.70. The van der Waals surface area contributed by atoms with Crippen LogP contribution >= 0.6 is 12.4 Å². The number of likely N-dealkylation sites (tertiary alicyclic amines) is 1. The number of rotatable bonds is 0. The summed E-state index contributed by atoms with van der Waals surface area (Å²) in [5.41, 5.74) is 1.84. The second-order valence-corrected chi connectivity index (χ2v) is 5.81. The number of carbonyl (C=O) groups is 1. The Morgan fingerprint density at radius 1 is 1.33 bits per heavy atom. The molecule has 1 fully saturated rings. The summed E-state index contributed by atoms with van der Waals surface area (Å²) in [4.78, 5) is 15.5. The summed E-state index contributed by atoms with van der Waals surface area (Å²) in [6.45, 7) is 2.29. The lowest BCUT2D eigenvalue weighted by molar-refractivity contribution is 0.163. The van der Waals surface area contributed by atoms with Gasteiger partial charge in [-0.2, -0.15) is 0 Å². The minimum Gasteiger partial charge on any atom is -0.371 e. The molecule has 116 valence electrons. The molecule has 1 saturated heterocycles. The van der Waals surface area contributed by atoms with Crippen LogP contribution in [0, 0.1) is 5.82 Å². The molecule has 1 aromatic carbocycles. The molecule has 0 radical (unpaired) electrons. The first-order chi connectivity index (χ1) is 9.57. The molecule has 2 heterocycles. The van der Waals surface area contributed by atoms with E-state index in [9.17, 15) is 9.18 Å². The van der Waals surface area contributed by atoms with Crippen LogP contribution in [0.5, 0.6) is 0 Å². The van der Waals surface area contributed by atoms with E-state index in [2.05, 4.69) is 5.32 Å². The highest BCUT2D eigenvalue weighted by Crippen LogP contribution is 2.47. The van der Waals surface area contributed by atoms with Crippen molar-refractivity contribution in [2.75, 3.05) is 38.6 Å². The first-order valence-electron chi connectivity index (χ1n) is 7.04. The maximum atomic E-state index is 14.0. The van der Waals surface area contributed by atoms with Crippen molar-refractivity contribution >= 4 is 24.1 Å². The van der Waals surface area contributed by atoms with Gasteiger partial charge in [0, 0.05) is 39.1 Å². The molecule has 3 rings (SSSR count). The summed E-state index contributed by atoms with van der Waals surface area (Å²) >= 11 is 0. The summed E-state index contributed by atoms with van der Waals surface area (Å²) in [6, 6.07) is 5.33. The molecule has 2 aliphatic rings. The molecule has 0 saturated carbocycles. The first-order valence-corrected chi connectivity index (χ1v) is 7.04. The Kier molecular flexibility index (Phi) is 4.33. The van der Waals surface area contributed by atoms with Gasteiger partial charge in [0.15, 0.2) is 0 Å². The number of fused-ring (bicyclic) bond motifs is 2. The summed E-state index contributed by atoms with van der Waals surface area (Å²) in [5.74, 6) is -0.143. The molecule has 0 bridgehead atoms. The highest BCUT2D eigenvalue weighted by Gasteiger charge is 2.45. The van der Waals surface area contributed by atoms with E-state index in [0.717, 1.165) is 43.7 Å². The number of urea groups is 1. The van der Waals surface area contributed by atoms with Crippen molar-refractivity contribution in [2.24, 2.45) is 0 Å². The number of benzene rings is 1. The maximum absolute atomic E-state index is 14.0. The molecule has 2 amide bonds. The largest absolute Gasteiger partial charge is 0.371 e. The van der Waals surface area contributed by atoms with E-state index in [-0.39, 0.29) is 29.7 Å². The van der Waals surface area contributed by atoms with Crippen LogP contribution in [0.15, 0.2) is 18.2 Å². The Morgan fingerprint density at radius 3 is 2.62 bits per heavy atom. The van der Waals surface area contributed by atoms with Gasteiger partial charge in [0.1, 0.15) is 5.82 Å². The molecule has 1 spiro atoms. The Bertz CT molecular complexity index is 544. The van der Waals surface area contributed by atoms with Crippen LogP contribution in [-0.2, 0) is 5.41 Å². The SMILES string of the molecule is CNC(=O)N1CCC2(CC1)CN(C)c1c(F)cccc12.Cl. The zero-order valence-corrected chi connectivity index (χ0v) is 13.2. The van der Waals surface area contributed by atoms with Gasteiger partial charge in [-0.3, -0.25) is 0 Å². The van der Waals surface area contributed by atoms with E-state index in [4.69, 9.17) is 0 Å². The van der Waals surface area contributed by atoms with Gasteiger partial charge in [0.05, 0.1) is 5.69 Å². The molecule has 0 unspecified atom stereocenters. The van der Waals surface area contributed by atoms with E-state index in [1.807, 2.05) is 22.9 Å². The van der Waals surface area contributed by atoms with Gasteiger partial charge in [-0.05, 0) is 24.5 Å². The summed E-state index contributed by atoms with van der Waals surface area (Å²) in [6.07, 6.45) is 1.78. The molecule has 4 nitrogen and oxygen atoms in total. The number of carbonyl (C=O) groups excluding carboxylic acids is 1. The number of hydrogen-bond donors (Lipinski definition) is 1. The topological polar surface area (TPSA) is 35.6 Å². The average molecular weight is 314 g/mol. The zero-order chi connectivity index (χ0) is 14.3. The minimum absolute atomic E-state index is 0. The van der Waals surface area contributed by atoms with Gasteiger partial charge in [-0.15, -0.1) is 12.4 Å². The van der Waals surface area contributed by atoms with Gasteiger partial charge in [0.25, 0.3) is 0 Å². The van der Waals surface area contributed by atoms with Crippen molar-refractivity contribution in [3.05, 3.63) is 29.6 Å². The number of para-hydroxylation sites is 1. The van der Waals surface area contributed by atoms with Crippen molar-refractivity contribution in [1.82, 2.24) is 10.2 Å². The average Bonchev–Trinajstić information content (AvgIpc) is 2.73. The Labute approximate surface area is 130 Å². The van der Waals surface area contributed by atoms with Crippen molar-refractivity contribution in [2.45, 2.75) is 18.3 Å². The van der Waals surface area contributed by atoms with E-state index in [0.29, 0.717) is 0 Å². The maximum Gasteiger partial charge on any atom is 0.317 e. The fourth-order valence-electron chi connectivity index (χ4n) is 3.67. The molecule has 6 heteroatoms. The molecule has 21 heavy (non-hydrogen) atoms. The molecule has 0 atom stereocenters. The van der Waals surface area contributed by atoms with E-state index < -0.39 is 0 Å². The molecule has 0 aromatic heterocycles. The van der Waals surface area contributed by atoms with E-state index in [1.54, 1.807) is 13.1 Å². The lowest BCUT2D eigenvalue weighted by Gasteiger charge is -2.39. The third kappa shape index (κ3) is 2.44. The molecular weight excluding hydrogens is 293 g/mol. The number of nitrogens with one attached hydrogen (secondary N) is 1. The summed E-state index contributed by atoms with van der Waals surface area (Å²) in [5, 5.41) is 2.67. The van der Waals surface area contributed by atoms with Crippen molar-refractivity contribution < 1.29 is 9.18 Å². The van der Waals surface area contributed by atoms with Crippen LogP contribution in [0.1, 0.15) is 18.4 Å². The number of likely N-dealkylation sites (N-methyl/N-ethyl adjacent to an activating group) is 1. The predicted molar refractivity (Wildman–Crippen MR) is 83.9 cm³/mol. The smallest absolute Gasteiger partial charge is 0.317 e. The van der Waals surface area contributed by atoms with Crippen LogP contribution < -0.4 is 10.2 Å². The van der Waals surface area contributed by atoms with E-state index >= 15 is 0 Å². The normalized spacial score (nSPS) is 19.2. The number of piperidine rings is 1. The Balaban J connectivity index is 0.00000161. The number of anilines is 1. The van der Waals surface area contributed by atoms with Crippen molar-refractivity contribution in [3.63, 3.8) is 0 Å². The number of nitrogens with zero attached hydrogens (tertiary/aromatic N) is 2. The van der Waals surface area contributed by atoms with Gasteiger partial charge in [-0.1, -0.05) is 12.1 Å². The van der Waals surface area contributed by atoms with Crippen LogP contribution in [0.3, 0.4) is 0 Å². The standard InChI is InChI=1S/C15H20FN3O.ClH/c1-17-14(20)19-8-6-15(7-9-19)10-18(2)13-11(15)4-3-5-12(13)16;/h3-5H,6-10H2,1-2H3,(H,17,20);1H. The fraction of sp³-hybridized carbons (Fsp3) is 0.533. The van der Waals surface area contributed by atoms with Gasteiger partial charge in [-0.25, -0.2) is 9.18 Å². The third-order valence-electron chi connectivity index (χ3n) is 4.70. The molecule has 1 N–H and O–H groups in total. The predicted octanol–water partition coefficient (Wildman–Crippen LogP) is 2.37. The van der Waals surface area contributed by atoms with Gasteiger partial charge < -0.3 is 15.1 Å². The van der Waals surface area contributed by atoms with Gasteiger partial charge in [0.2, 0.25) is 0 Å². The van der Waals surface area contributed by atoms with Crippen molar-refractivity contribution in [3.8, 4) is 0 Å². The van der Waals surface area contributed by atoms with Gasteiger partial charge >= 0.3 is 6.03 Å². The van der Waals surface area contributed by atoms with E-state index in [1.165, 1.54) is 6.07 Å². The second kappa shape index (κ2) is 5.72. The molecule has 0 aliphatic carbocycles. The molecule has 1 aromatic rings. The molecule has 2 aliphatic heterocycles. The Morgan fingerprint density at radius 2 is 2.00 bits per heavy atom. The van der Waals surface area contributed by atoms with Crippen LogP contribution in [-0.4, -0.2) is 44.7 Å². The number of hydrogen-bond acceptors (Lipinski definition) is 2. The van der Waals surface area contributed by atoms with Crippen LogP contribution in [0.25, 0.3) is 0 Å². The Hall–Kier alpha value is -1.49. The summed E-state index contributed by atoms with van der Waals surface area (Å²) in [7, 11) is 3.60.